The molecule has 1 aliphatic heterocycles. The van der Waals surface area contributed by atoms with Crippen molar-refractivity contribution in [3.05, 3.63) is 17.7 Å². The van der Waals surface area contributed by atoms with Crippen LogP contribution in [0.2, 0.25) is 0 Å². The third-order valence-corrected chi connectivity index (χ3v) is 4.09. The number of hydrogen-bond donors (Lipinski definition) is 1. The van der Waals surface area contributed by atoms with Crippen molar-refractivity contribution in [2.24, 2.45) is 0 Å². The molecular formula is C16H27ClN2O3. The Balaban J connectivity index is 0.00000242. The van der Waals surface area contributed by atoms with Gasteiger partial charge in [-0.2, -0.15) is 0 Å². The molecule has 1 aliphatic rings. The summed E-state index contributed by atoms with van der Waals surface area (Å²) in [4.78, 5) is 2.45. The van der Waals surface area contributed by atoms with E-state index in [0.29, 0.717) is 11.8 Å². The van der Waals surface area contributed by atoms with Crippen LogP contribution in [0.4, 0.5) is 0 Å². The van der Waals surface area contributed by atoms with Crippen molar-refractivity contribution in [3.63, 3.8) is 0 Å². The Hall–Kier alpha value is -1.17. The number of piperidine rings is 1. The molecule has 1 aromatic rings. The van der Waals surface area contributed by atoms with Crippen molar-refractivity contribution in [3.8, 4) is 17.2 Å². The van der Waals surface area contributed by atoms with Gasteiger partial charge in [0.1, 0.15) is 5.75 Å². The number of rotatable bonds is 6. The number of hydrogen-bond acceptors (Lipinski definition) is 5. The first kappa shape index (κ1) is 18.9. The number of nitrogens with zero attached hydrogens (tertiary/aromatic N) is 1. The van der Waals surface area contributed by atoms with Crippen molar-refractivity contribution < 1.29 is 14.2 Å². The van der Waals surface area contributed by atoms with Gasteiger partial charge < -0.3 is 19.5 Å². The van der Waals surface area contributed by atoms with Crippen LogP contribution in [0.5, 0.6) is 17.2 Å². The minimum atomic E-state index is 0. The standard InChI is InChI=1S/C16H26N2O3.ClH/c1-17-13-6-5-7-18(11-13)10-12-8-15(20-3)16(21-4)9-14(12)19-2;/h8-9,13,17H,5-7,10-11H2,1-4H3;1H. The molecule has 1 fully saturated rings. The van der Waals surface area contributed by atoms with Gasteiger partial charge in [0.15, 0.2) is 11.5 Å². The molecule has 1 aromatic carbocycles. The number of likely N-dealkylation sites (tertiary alicyclic amines) is 1. The fourth-order valence-corrected chi connectivity index (χ4v) is 2.89. The second-order valence-corrected chi connectivity index (χ2v) is 5.38. The molecule has 1 unspecified atom stereocenters. The van der Waals surface area contributed by atoms with E-state index in [-0.39, 0.29) is 12.4 Å². The average molecular weight is 331 g/mol. The lowest BCUT2D eigenvalue weighted by Gasteiger charge is -2.32. The van der Waals surface area contributed by atoms with Gasteiger partial charge in [-0.25, -0.2) is 0 Å². The molecule has 1 N–H and O–H groups in total. The zero-order valence-corrected chi connectivity index (χ0v) is 14.7. The fourth-order valence-electron chi connectivity index (χ4n) is 2.89. The average Bonchev–Trinajstić information content (AvgIpc) is 2.54. The Labute approximate surface area is 139 Å². The van der Waals surface area contributed by atoms with Gasteiger partial charge in [-0.3, -0.25) is 4.90 Å². The van der Waals surface area contributed by atoms with Crippen molar-refractivity contribution >= 4 is 12.4 Å². The molecule has 0 bridgehead atoms. The van der Waals surface area contributed by atoms with Gasteiger partial charge >= 0.3 is 0 Å². The summed E-state index contributed by atoms with van der Waals surface area (Å²) in [6.07, 6.45) is 2.47. The molecule has 0 radical (unpaired) electrons. The quantitative estimate of drug-likeness (QED) is 0.867. The third-order valence-electron chi connectivity index (χ3n) is 4.09. The smallest absolute Gasteiger partial charge is 0.164 e. The second-order valence-electron chi connectivity index (χ2n) is 5.38. The maximum Gasteiger partial charge on any atom is 0.164 e. The van der Waals surface area contributed by atoms with E-state index in [1.54, 1.807) is 21.3 Å². The summed E-state index contributed by atoms with van der Waals surface area (Å²) in [5, 5.41) is 3.37. The molecule has 1 saturated heterocycles. The minimum Gasteiger partial charge on any atom is -0.496 e. The summed E-state index contributed by atoms with van der Waals surface area (Å²) in [7, 11) is 7.02. The summed E-state index contributed by atoms with van der Waals surface area (Å²) in [6, 6.07) is 4.49. The Morgan fingerprint density at radius 2 is 1.73 bits per heavy atom. The largest absolute Gasteiger partial charge is 0.496 e. The zero-order chi connectivity index (χ0) is 15.2. The summed E-state index contributed by atoms with van der Waals surface area (Å²) >= 11 is 0. The first-order chi connectivity index (χ1) is 10.2. The Kier molecular flexibility index (Phi) is 7.79. The number of halogens is 1. The molecular weight excluding hydrogens is 304 g/mol. The van der Waals surface area contributed by atoms with Crippen LogP contribution in [0, 0.1) is 0 Å². The van der Waals surface area contributed by atoms with Crippen molar-refractivity contribution in [1.82, 2.24) is 10.2 Å². The summed E-state index contributed by atoms with van der Waals surface area (Å²) in [5.41, 5.74) is 1.13. The van der Waals surface area contributed by atoms with Crippen molar-refractivity contribution in [1.29, 1.82) is 0 Å². The monoisotopic (exact) mass is 330 g/mol. The molecule has 2 rings (SSSR count). The van der Waals surface area contributed by atoms with Crippen LogP contribution < -0.4 is 19.5 Å². The van der Waals surface area contributed by atoms with Crippen LogP contribution in [0.25, 0.3) is 0 Å². The fraction of sp³-hybridized carbons (Fsp3) is 0.625. The molecule has 0 spiro atoms. The topological polar surface area (TPSA) is 43.0 Å². The Morgan fingerprint density at radius 1 is 1.09 bits per heavy atom. The molecule has 0 amide bonds. The SMILES string of the molecule is CNC1CCCN(Cc2cc(OC)c(OC)cc2OC)C1.Cl. The Bertz CT molecular complexity index is 471. The van der Waals surface area contributed by atoms with Crippen LogP contribution in [0.1, 0.15) is 18.4 Å². The van der Waals surface area contributed by atoms with Gasteiger partial charge in [-0.05, 0) is 32.5 Å². The summed E-state index contributed by atoms with van der Waals surface area (Å²) in [5.74, 6) is 2.29. The first-order valence-electron chi connectivity index (χ1n) is 7.40. The number of ether oxygens (including phenoxy) is 3. The van der Waals surface area contributed by atoms with Crippen molar-refractivity contribution in [2.75, 3.05) is 41.5 Å². The highest BCUT2D eigenvalue weighted by atomic mass is 35.5. The van der Waals surface area contributed by atoms with E-state index >= 15 is 0 Å². The maximum absolute atomic E-state index is 5.50. The third kappa shape index (κ3) is 4.41. The van der Waals surface area contributed by atoms with Gasteiger partial charge in [0.05, 0.1) is 21.3 Å². The predicted molar refractivity (Wildman–Crippen MR) is 90.7 cm³/mol. The number of benzene rings is 1. The van der Waals surface area contributed by atoms with Crippen LogP contribution in [-0.4, -0.2) is 52.4 Å². The maximum atomic E-state index is 5.50. The minimum absolute atomic E-state index is 0. The molecule has 22 heavy (non-hydrogen) atoms. The zero-order valence-electron chi connectivity index (χ0n) is 13.8. The van der Waals surface area contributed by atoms with Gasteiger partial charge in [-0.1, -0.05) is 0 Å². The predicted octanol–water partition coefficient (Wildman–Crippen LogP) is 2.32. The number of methoxy groups -OCH3 is 3. The van der Waals surface area contributed by atoms with E-state index in [9.17, 15) is 0 Å². The molecule has 0 aromatic heterocycles. The number of nitrogens with one attached hydrogen (secondary N) is 1. The normalized spacial score (nSPS) is 18.5. The van der Waals surface area contributed by atoms with Gasteiger partial charge in [0.25, 0.3) is 0 Å². The lowest BCUT2D eigenvalue weighted by atomic mass is 10.0. The van der Waals surface area contributed by atoms with Gasteiger partial charge in [0.2, 0.25) is 0 Å². The highest BCUT2D eigenvalue weighted by Gasteiger charge is 2.20. The molecule has 1 atom stereocenters. The van der Waals surface area contributed by atoms with Crippen LogP contribution >= 0.6 is 12.4 Å². The summed E-state index contributed by atoms with van der Waals surface area (Å²) < 4.78 is 16.2. The van der Waals surface area contributed by atoms with E-state index in [2.05, 4.69) is 10.2 Å². The van der Waals surface area contributed by atoms with E-state index in [0.717, 1.165) is 36.7 Å². The second kappa shape index (κ2) is 9.08. The molecule has 6 heteroatoms. The highest BCUT2D eigenvalue weighted by molar-refractivity contribution is 5.85. The van der Waals surface area contributed by atoms with Gasteiger partial charge in [-0.15, -0.1) is 12.4 Å². The van der Waals surface area contributed by atoms with E-state index in [1.165, 1.54) is 12.8 Å². The van der Waals surface area contributed by atoms with Crippen LogP contribution in [-0.2, 0) is 6.54 Å². The molecule has 5 nitrogen and oxygen atoms in total. The Morgan fingerprint density at radius 3 is 2.32 bits per heavy atom. The molecule has 126 valence electrons. The summed E-state index contributed by atoms with van der Waals surface area (Å²) in [6.45, 7) is 3.05. The molecule has 1 heterocycles. The van der Waals surface area contributed by atoms with E-state index in [1.807, 2.05) is 19.2 Å². The molecule has 0 saturated carbocycles. The van der Waals surface area contributed by atoms with Gasteiger partial charge in [0, 0.05) is 30.8 Å². The van der Waals surface area contributed by atoms with Crippen molar-refractivity contribution in [2.45, 2.75) is 25.4 Å². The lowest BCUT2D eigenvalue weighted by molar-refractivity contribution is 0.186. The first-order valence-corrected chi connectivity index (χ1v) is 7.40. The highest BCUT2D eigenvalue weighted by Crippen LogP contribution is 2.35. The van der Waals surface area contributed by atoms with E-state index < -0.39 is 0 Å². The molecule has 0 aliphatic carbocycles. The number of likely N-dealkylation sites (N-methyl/N-ethyl adjacent to an activating group) is 1. The lowest BCUT2D eigenvalue weighted by Crippen LogP contribution is -2.43. The van der Waals surface area contributed by atoms with Crippen LogP contribution in [0.3, 0.4) is 0 Å². The van der Waals surface area contributed by atoms with E-state index in [4.69, 9.17) is 14.2 Å². The van der Waals surface area contributed by atoms with Crippen LogP contribution in [0.15, 0.2) is 12.1 Å².